The van der Waals surface area contributed by atoms with Crippen molar-refractivity contribution < 1.29 is 18.3 Å². The van der Waals surface area contributed by atoms with Crippen molar-refractivity contribution in [1.82, 2.24) is 14.8 Å². The van der Waals surface area contributed by atoms with Crippen LogP contribution in [-0.4, -0.2) is 19.9 Å². The molecule has 0 saturated carbocycles. The molecule has 3 rings (SSSR count). The highest BCUT2D eigenvalue weighted by Gasteiger charge is 2.30. The van der Waals surface area contributed by atoms with Crippen LogP contribution >= 0.6 is 0 Å². The van der Waals surface area contributed by atoms with Crippen LogP contribution in [-0.2, 0) is 19.0 Å². The third-order valence-electron chi connectivity index (χ3n) is 3.51. The van der Waals surface area contributed by atoms with Crippen LogP contribution in [0, 0.1) is 0 Å². The summed E-state index contributed by atoms with van der Waals surface area (Å²) in [6, 6.07) is 5.14. The van der Waals surface area contributed by atoms with Gasteiger partial charge in [-0.25, -0.2) is 9.67 Å². The van der Waals surface area contributed by atoms with Crippen LogP contribution in [0.25, 0.3) is 0 Å². The Morgan fingerprint density at radius 1 is 1.33 bits per heavy atom. The van der Waals surface area contributed by atoms with E-state index in [0.29, 0.717) is 23.6 Å². The maximum atomic E-state index is 12.7. The number of alkyl halides is 3. The van der Waals surface area contributed by atoms with Crippen LogP contribution in [0.1, 0.15) is 41.8 Å². The minimum Gasteiger partial charge on any atom is -0.372 e. The van der Waals surface area contributed by atoms with Gasteiger partial charge in [0.2, 0.25) is 0 Å². The Labute approximate surface area is 119 Å². The summed E-state index contributed by atoms with van der Waals surface area (Å²) in [6.07, 6.45) is -2.63. The van der Waals surface area contributed by atoms with Crippen molar-refractivity contribution in [2.75, 3.05) is 0 Å². The zero-order chi connectivity index (χ0) is 15.0. The highest BCUT2D eigenvalue weighted by atomic mass is 19.4. The van der Waals surface area contributed by atoms with Crippen molar-refractivity contribution in [1.29, 1.82) is 0 Å². The van der Waals surface area contributed by atoms with Crippen molar-refractivity contribution in [3.05, 3.63) is 47.0 Å². The molecule has 1 unspecified atom stereocenters. The zero-order valence-electron chi connectivity index (χ0n) is 11.1. The molecule has 1 atom stereocenters. The molecule has 0 fully saturated rings. The molecule has 0 radical (unpaired) electrons. The lowest BCUT2D eigenvalue weighted by Gasteiger charge is -2.17. The number of hydrogen-bond acceptors (Lipinski definition) is 3. The van der Waals surface area contributed by atoms with E-state index < -0.39 is 18.0 Å². The Balaban J connectivity index is 1.84. The lowest BCUT2D eigenvalue weighted by molar-refractivity contribution is -0.137. The molecule has 0 amide bonds. The van der Waals surface area contributed by atoms with E-state index in [1.165, 1.54) is 10.7 Å². The minimum absolute atomic E-state index is 0.219. The van der Waals surface area contributed by atoms with Gasteiger partial charge in [0.05, 0.1) is 5.56 Å². The molecule has 0 saturated heterocycles. The first-order valence-corrected chi connectivity index (χ1v) is 6.72. The molecule has 4 nitrogen and oxygen atoms in total. The number of aliphatic hydroxyl groups excluding tert-OH is 1. The molecule has 1 aromatic carbocycles. The lowest BCUT2D eigenvalue weighted by Crippen LogP contribution is -2.18. The first-order chi connectivity index (χ1) is 9.93. The van der Waals surface area contributed by atoms with E-state index in [9.17, 15) is 18.3 Å². The molecule has 2 heterocycles. The first kappa shape index (κ1) is 14.1. The number of fused-ring (bicyclic) bond motifs is 1. The average molecular weight is 297 g/mol. The Bertz CT molecular complexity index is 651. The second-order valence-electron chi connectivity index (χ2n) is 5.14. The molecule has 1 aromatic heterocycles. The van der Waals surface area contributed by atoms with Gasteiger partial charge in [0, 0.05) is 12.8 Å². The second-order valence-corrected chi connectivity index (χ2v) is 5.14. The van der Waals surface area contributed by atoms with Crippen molar-refractivity contribution in [2.24, 2.45) is 0 Å². The zero-order valence-corrected chi connectivity index (χ0v) is 11.1. The van der Waals surface area contributed by atoms with Gasteiger partial charge in [-0.2, -0.15) is 18.3 Å². The second kappa shape index (κ2) is 5.14. The normalized spacial score (nSPS) is 18.6. The summed E-state index contributed by atoms with van der Waals surface area (Å²) in [5, 5.41) is 14.0. The fraction of sp³-hybridized carbons (Fsp3) is 0.429. The predicted octanol–water partition coefficient (Wildman–Crippen LogP) is 2.71. The molecule has 0 spiro atoms. The van der Waals surface area contributed by atoms with Crippen molar-refractivity contribution in [2.45, 2.75) is 38.1 Å². The smallest absolute Gasteiger partial charge is 0.372 e. The number of halogens is 3. The summed E-state index contributed by atoms with van der Waals surface area (Å²) in [5.41, 5.74) is -0.175. The molecule has 112 valence electrons. The molecule has 1 N–H and O–H groups in total. The van der Waals surface area contributed by atoms with Gasteiger partial charge >= 0.3 is 6.18 Å². The van der Waals surface area contributed by atoms with Crippen LogP contribution < -0.4 is 0 Å². The van der Waals surface area contributed by atoms with Crippen LogP contribution in [0.4, 0.5) is 13.2 Å². The number of benzene rings is 1. The van der Waals surface area contributed by atoms with Crippen molar-refractivity contribution in [3.8, 4) is 0 Å². The summed E-state index contributed by atoms with van der Waals surface area (Å²) < 4.78 is 39.5. The SMILES string of the molecule is OC1CCCc2nc(Cc3cccc(C(F)(F)F)c3)nn21. The quantitative estimate of drug-likeness (QED) is 0.927. The Hall–Kier alpha value is -1.89. The van der Waals surface area contributed by atoms with E-state index >= 15 is 0 Å². The van der Waals surface area contributed by atoms with Crippen LogP contribution in [0.3, 0.4) is 0 Å². The van der Waals surface area contributed by atoms with E-state index in [1.54, 1.807) is 6.07 Å². The Morgan fingerprint density at radius 2 is 2.14 bits per heavy atom. The maximum Gasteiger partial charge on any atom is 0.416 e. The largest absolute Gasteiger partial charge is 0.416 e. The van der Waals surface area contributed by atoms with Gasteiger partial charge in [-0.15, -0.1) is 0 Å². The molecule has 2 aromatic rings. The number of rotatable bonds is 2. The molecule has 7 heteroatoms. The Morgan fingerprint density at radius 3 is 2.86 bits per heavy atom. The topological polar surface area (TPSA) is 50.9 Å². The van der Waals surface area contributed by atoms with Crippen molar-refractivity contribution >= 4 is 0 Å². The number of aliphatic hydroxyl groups is 1. The first-order valence-electron chi connectivity index (χ1n) is 6.72. The Kier molecular flexibility index (Phi) is 3.44. The van der Waals surface area contributed by atoms with E-state index in [2.05, 4.69) is 10.1 Å². The molecule has 21 heavy (non-hydrogen) atoms. The van der Waals surface area contributed by atoms with Gasteiger partial charge in [0.25, 0.3) is 0 Å². The third-order valence-corrected chi connectivity index (χ3v) is 3.51. The minimum atomic E-state index is -4.35. The third kappa shape index (κ3) is 2.92. The van der Waals surface area contributed by atoms with Crippen LogP contribution in [0.15, 0.2) is 24.3 Å². The van der Waals surface area contributed by atoms with E-state index in [4.69, 9.17) is 0 Å². The van der Waals surface area contributed by atoms with Gasteiger partial charge in [-0.3, -0.25) is 0 Å². The highest BCUT2D eigenvalue weighted by molar-refractivity contribution is 5.27. The molecule has 1 aliphatic heterocycles. The standard InChI is InChI=1S/C14H14F3N3O/c15-14(16,17)10-4-1-3-9(7-10)8-11-18-12-5-2-6-13(21)20(12)19-11/h1,3-4,7,13,21H,2,5-6,8H2. The maximum absolute atomic E-state index is 12.7. The molecule has 0 bridgehead atoms. The van der Waals surface area contributed by atoms with E-state index in [1.807, 2.05) is 0 Å². The fourth-order valence-corrected chi connectivity index (χ4v) is 2.49. The molecule has 1 aliphatic rings. The highest BCUT2D eigenvalue weighted by Crippen LogP contribution is 2.30. The summed E-state index contributed by atoms with van der Waals surface area (Å²) in [6.45, 7) is 0. The summed E-state index contributed by atoms with van der Waals surface area (Å²) in [4.78, 5) is 4.30. The van der Waals surface area contributed by atoms with Gasteiger partial charge in [0.1, 0.15) is 12.1 Å². The summed E-state index contributed by atoms with van der Waals surface area (Å²) >= 11 is 0. The summed E-state index contributed by atoms with van der Waals surface area (Å²) in [5.74, 6) is 1.13. The molecule has 0 aliphatic carbocycles. The number of hydrogen-bond donors (Lipinski definition) is 1. The van der Waals surface area contributed by atoms with Crippen LogP contribution in [0.5, 0.6) is 0 Å². The van der Waals surface area contributed by atoms with Gasteiger partial charge in [-0.1, -0.05) is 18.2 Å². The lowest BCUT2D eigenvalue weighted by atomic mass is 10.1. The van der Waals surface area contributed by atoms with E-state index in [-0.39, 0.29) is 6.42 Å². The van der Waals surface area contributed by atoms with Crippen LogP contribution in [0.2, 0.25) is 0 Å². The molecular weight excluding hydrogens is 283 g/mol. The van der Waals surface area contributed by atoms with Gasteiger partial charge in [-0.05, 0) is 24.5 Å². The number of aromatic nitrogens is 3. The monoisotopic (exact) mass is 297 g/mol. The van der Waals surface area contributed by atoms with Gasteiger partial charge in [0.15, 0.2) is 5.82 Å². The van der Waals surface area contributed by atoms with E-state index in [0.717, 1.165) is 25.0 Å². The fourth-order valence-electron chi connectivity index (χ4n) is 2.49. The van der Waals surface area contributed by atoms with Crippen molar-refractivity contribution in [3.63, 3.8) is 0 Å². The molecular formula is C14H14F3N3O. The van der Waals surface area contributed by atoms with Gasteiger partial charge < -0.3 is 5.11 Å². The number of aryl methyl sites for hydroxylation is 1. The number of nitrogens with zero attached hydrogens (tertiary/aromatic N) is 3. The average Bonchev–Trinajstić information content (AvgIpc) is 2.82. The summed E-state index contributed by atoms with van der Waals surface area (Å²) in [7, 11) is 0. The predicted molar refractivity (Wildman–Crippen MR) is 68.5 cm³/mol.